The second-order valence-corrected chi connectivity index (χ2v) is 5.32. The van der Waals surface area contributed by atoms with Crippen LogP contribution in [0.25, 0.3) is 0 Å². The van der Waals surface area contributed by atoms with Crippen molar-refractivity contribution in [3.8, 4) is 0 Å². The van der Waals surface area contributed by atoms with Crippen LogP contribution < -0.4 is 0 Å². The molecule has 0 aliphatic carbocycles. The summed E-state index contributed by atoms with van der Waals surface area (Å²) in [6, 6.07) is 10.4. The number of hydrogen-bond acceptors (Lipinski definition) is 1. The molecule has 0 aromatic heterocycles. The fourth-order valence-electron chi connectivity index (χ4n) is 2.29. The molecule has 1 atom stereocenters. The molecule has 2 rings (SSSR count). The summed E-state index contributed by atoms with van der Waals surface area (Å²) >= 11 is 5.70. The van der Waals surface area contributed by atoms with Gasteiger partial charge >= 0.3 is 0 Å². The molecule has 0 radical (unpaired) electrons. The normalized spacial score (nSPS) is 12.5. The minimum absolute atomic E-state index is 0.281. The van der Waals surface area contributed by atoms with Crippen molar-refractivity contribution in [3.05, 3.63) is 69.5 Å². The molecular weight excluding hydrogens is 263 g/mol. The third-order valence-corrected chi connectivity index (χ3v) is 3.27. The maximum absolute atomic E-state index is 13.7. The molecular formula is C16H16ClFO. The first kappa shape index (κ1) is 14.0. The van der Waals surface area contributed by atoms with Gasteiger partial charge in [0.15, 0.2) is 0 Å². The van der Waals surface area contributed by atoms with E-state index in [0.717, 1.165) is 16.7 Å². The third-order valence-electron chi connectivity index (χ3n) is 3.03. The fourth-order valence-corrected chi connectivity index (χ4v) is 2.45. The number of hydrogen-bond donors (Lipinski definition) is 1. The summed E-state index contributed by atoms with van der Waals surface area (Å²) in [6.45, 7) is 4.01. The molecule has 0 saturated heterocycles. The third kappa shape index (κ3) is 3.55. The summed E-state index contributed by atoms with van der Waals surface area (Å²) in [5.74, 6) is -0.468. The highest BCUT2D eigenvalue weighted by atomic mass is 35.5. The van der Waals surface area contributed by atoms with E-state index in [0.29, 0.717) is 11.4 Å². The molecule has 0 heterocycles. The van der Waals surface area contributed by atoms with Crippen LogP contribution in [0.15, 0.2) is 36.4 Å². The Morgan fingerprint density at radius 3 is 2.32 bits per heavy atom. The van der Waals surface area contributed by atoms with Gasteiger partial charge in [-0.1, -0.05) is 47.0 Å². The van der Waals surface area contributed by atoms with Crippen molar-refractivity contribution < 1.29 is 9.50 Å². The monoisotopic (exact) mass is 278 g/mol. The predicted molar refractivity (Wildman–Crippen MR) is 76.0 cm³/mol. The Balaban J connectivity index is 2.22. The molecule has 1 N–H and O–H groups in total. The minimum atomic E-state index is -0.863. The van der Waals surface area contributed by atoms with Gasteiger partial charge in [-0.2, -0.15) is 0 Å². The van der Waals surface area contributed by atoms with Gasteiger partial charge in [0.05, 0.1) is 6.10 Å². The Kier molecular flexibility index (Phi) is 4.23. The molecule has 0 bridgehead atoms. The van der Waals surface area contributed by atoms with Crippen LogP contribution >= 0.6 is 11.6 Å². The second-order valence-electron chi connectivity index (χ2n) is 4.88. The van der Waals surface area contributed by atoms with Crippen LogP contribution in [0.5, 0.6) is 0 Å². The molecule has 2 aromatic carbocycles. The quantitative estimate of drug-likeness (QED) is 0.884. The Bertz CT molecular complexity index is 575. The van der Waals surface area contributed by atoms with Gasteiger partial charge in [-0.3, -0.25) is 0 Å². The zero-order chi connectivity index (χ0) is 14.0. The van der Waals surface area contributed by atoms with Gasteiger partial charge in [0.1, 0.15) is 5.82 Å². The maximum atomic E-state index is 13.7. The zero-order valence-electron chi connectivity index (χ0n) is 11.0. The van der Waals surface area contributed by atoms with Crippen LogP contribution in [0.1, 0.15) is 28.4 Å². The Hall–Kier alpha value is -1.38. The lowest BCUT2D eigenvalue weighted by atomic mass is 9.98. The van der Waals surface area contributed by atoms with Gasteiger partial charge in [0.25, 0.3) is 0 Å². The topological polar surface area (TPSA) is 20.2 Å². The summed E-state index contributed by atoms with van der Waals surface area (Å²) in [4.78, 5) is 0. The van der Waals surface area contributed by atoms with Crippen LogP contribution in [0, 0.1) is 19.7 Å². The molecule has 2 aromatic rings. The van der Waals surface area contributed by atoms with Crippen LogP contribution in [-0.2, 0) is 6.42 Å². The largest absolute Gasteiger partial charge is 0.388 e. The summed E-state index contributed by atoms with van der Waals surface area (Å²) in [7, 11) is 0. The highest BCUT2D eigenvalue weighted by Crippen LogP contribution is 2.24. The van der Waals surface area contributed by atoms with Crippen molar-refractivity contribution in [2.75, 3.05) is 0 Å². The zero-order valence-corrected chi connectivity index (χ0v) is 11.7. The van der Waals surface area contributed by atoms with Gasteiger partial charge in [-0.25, -0.2) is 4.39 Å². The van der Waals surface area contributed by atoms with E-state index in [1.165, 1.54) is 12.1 Å². The fraction of sp³-hybridized carbons (Fsp3) is 0.250. The number of aliphatic hydroxyl groups excluding tert-OH is 1. The van der Waals surface area contributed by atoms with Crippen LogP contribution in [-0.4, -0.2) is 5.11 Å². The molecule has 0 aliphatic heterocycles. The molecule has 0 amide bonds. The molecule has 0 spiro atoms. The standard InChI is InChI=1S/C16H16ClFO/c1-10-5-11(2)7-12(6-10)8-16(19)14-4-3-13(17)9-15(14)18/h3-7,9,16,19H,8H2,1-2H3. The first-order valence-corrected chi connectivity index (χ1v) is 6.53. The summed E-state index contributed by atoms with van der Waals surface area (Å²) in [6.07, 6.45) is -0.473. The molecule has 1 unspecified atom stereocenters. The average Bonchev–Trinajstić information content (AvgIpc) is 2.26. The summed E-state index contributed by atoms with van der Waals surface area (Å²) in [5, 5.41) is 10.5. The molecule has 0 aliphatic rings. The van der Waals surface area contributed by atoms with E-state index < -0.39 is 11.9 Å². The van der Waals surface area contributed by atoms with Crippen molar-refractivity contribution >= 4 is 11.6 Å². The van der Waals surface area contributed by atoms with Crippen molar-refractivity contribution in [2.45, 2.75) is 26.4 Å². The van der Waals surface area contributed by atoms with Crippen molar-refractivity contribution in [3.63, 3.8) is 0 Å². The summed E-state index contributed by atoms with van der Waals surface area (Å²) in [5.41, 5.74) is 3.56. The number of aryl methyl sites for hydroxylation is 2. The molecule has 19 heavy (non-hydrogen) atoms. The predicted octanol–water partition coefficient (Wildman–Crippen LogP) is 4.37. The SMILES string of the molecule is Cc1cc(C)cc(CC(O)c2ccc(Cl)cc2F)c1. The van der Waals surface area contributed by atoms with Crippen LogP contribution in [0.2, 0.25) is 5.02 Å². The first-order chi connectivity index (χ1) is 8.95. The maximum Gasteiger partial charge on any atom is 0.130 e. The Morgan fingerprint density at radius 1 is 1.11 bits per heavy atom. The molecule has 0 saturated carbocycles. The van der Waals surface area contributed by atoms with E-state index in [1.807, 2.05) is 26.0 Å². The number of benzene rings is 2. The lowest BCUT2D eigenvalue weighted by Crippen LogP contribution is -2.04. The van der Waals surface area contributed by atoms with Gasteiger partial charge in [-0.15, -0.1) is 0 Å². The van der Waals surface area contributed by atoms with E-state index in [4.69, 9.17) is 11.6 Å². The van der Waals surface area contributed by atoms with Crippen LogP contribution in [0.4, 0.5) is 4.39 Å². The van der Waals surface area contributed by atoms with Crippen molar-refractivity contribution in [2.24, 2.45) is 0 Å². The van der Waals surface area contributed by atoms with E-state index in [9.17, 15) is 9.50 Å². The lowest BCUT2D eigenvalue weighted by molar-refractivity contribution is 0.173. The average molecular weight is 279 g/mol. The van der Waals surface area contributed by atoms with Crippen LogP contribution in [0.3, 0.4) is 0 Å². The summed E-state index contributed by atoms with van der Waals surface area (Å²) < 4.78 is 13.7. The number of aliphatic hydroxyl groups is 1. The lowest BCUT2D eigenvalue weighted by Gasteiger charge is -2.13. The minimum Gasteiger partial charge on any atom is -0.388 e. The van der Waals surface area contributed by atoms with Gasteiger partial charge in [-0.05, 0) is 31.5 Å². The first-order valence-electron chi connectivity index (χ1n) is 6.16. The van der Waals surface area contributed by atoms with Crippen molar-refractivity contribution in [1.29, 1.82) is 0 Å². The molecule has 0 fully saturated rings. The van der Waals surface area contributed by atoms with Crippen molar-refractivity contribution in [1.82, 2.24) is 0 Å². The molecule has 100 valence electrons. The number of halogens is 2. The van der Waals surface area contributed by atoms with Gasteiger partial charge in [0.2, 0.25) is 0 Å². The highest BCUT2D eigenvalue weighted by molar-refractivity contribution is 6.30. The van der Waals surface area contributed by atoms with E-state index >= 15 is 0 Å². The van der Waals surface area contributed by atoms with Gasteiger partial charge in [0, 0.05) is 17.0 Å². The Morgan fingerprint density at radius 2 is 1.74 bits per heavy atom. The molecule has 1 nitrogen and oxygen atoms in total. The smallest absolute Gasteiger partial charge is 0.130 e. The highest BCUT2D eigenvalue weighted by Gasteiger charge is 2.14. The second kappa shape index (κ2) is 5.72. The Labute approximate surface area is 117 Å². The van der Waals surface area contributed by atoms with E-state index in [-0.39, 0.29) is 5.56 Å². The van der Waals surface area contributed by atoms with E-state index in [2.05, 4.69) is 6.07 Å². The van der Waals surface area contributed by atoms with Gasteiger partial charge < -0.3 is 5.11 Å². The molecule has 3 heteroatoms. The number of rotatable bonds is 3. The van der Waals surface area contributed by atoms with E-state index in [1.54, 1.807) is 6.07 Å².